The molecular weight excluding hydrogens is 477 g/mol. The summed E-state index contributed by atoms with van der Waals surface area (Å²) in [5.41, 5.74) is 1.64. The van der Waals surface area contributed by atoms with Gasteiger partial charge in [0.15, 0.2) is 5.96 Å². The van der Waals surface area contributed by atoms with E-state index in [1.807, 2.05) is 25.1 Å². The molecule has 0 radical (unpaired) electrons. The highest BCUT2D eigenvalue weighted by Crippen LogP contribution is 2.15. The minimum absolute atomic E-state index is 0. The predicted octanol–water partition coefficient (Wildman–Crippen LogP) is 2.05. The average Bonchev–Trinajstić information content (AvgIpc) is 2.65. The van der Waals surface area contributed by atoms with E-state index in [0.29, 0.717) is 37.6 Å². The lowest BCUT2D eigenvalue weighted by Gasteiger charge is -2.32. The number of nitriles is 1. The molecule has 0 saturated carbocycles. The summed E-state index contributed by atoms with van der Waals surface area (Å²) in [5, 5.41) is 15.6. The standard InChI is InChI=1S/C18H27N5O2S.HI/c1-3-11-26(24,25)23-9-7-17(8-10-23)22-18(20-2)21-14-16-6-4-5-15(12-16)13-19;/h4-6,12,17H,3,7-11,14H2,1-2H3,(H2,20,21,22);1H. The molecule has 1 saturated heterocycles. The first-order chi connectivity index (χ1) is 12.5. The zero-order valence-electron chi connectivity index (χ0n) is 15.8. The molecule has 1 aromatic rings. The maximum Gasteiger partial charge on any atom is 0.214 e. The summed E-state index contributed by atoms with van der Waals surface area (Å²) in [6.45, 7) is 3.54. The lowest BCUT2D eigenvalue weighted by molar-refractivity contribution is 0.306. The van der Waals surface area contributed by atoms with Crippen molar-refractivity contribution in [1.29, 1.82) is 5.26 Å². The highest BCUT2D eigenvalue weighted by atomic mass is 127. The Hall–Kier alpha value is -1.38. The minimum atomic E-state index is -3.11. The zero-order valence-corrected chi connectivity index (χ0v) is 19.0. The first-order valence-electron chi connectivity index (χ1n) is 8.92. The van der Waals surface area contributed by atoms with Gasteiger partial charge in [0.1, 0.15) is 0 Å². The number of nitrogens with zero attached hydrogens (tertiary/aromatic N) is 3. The Morgan fingerprint density at radius 2 is 2.07 bits per heavy atom. The van der Waals surface area contributed by atoms with Gasteiger partial charge in [-0.1, -0.05) is 19.1 Å². The molecule has 2 rings (SSSR count). The molecule has 0 aromatic heterocycles. The van der Waals surface area contributed by atoms with Crippen LogP contribution in [0.15, 0.2) is 29.3 Å². The zero-order chi connectivity index (χ0) is 19.0. The van der Waals surface area contributed by atoms with E-state index in [0.717, 1.165) is 18.4 Å². The van der Waals surface area contributed by atoms with E-state index in [-0.39, 0.29) is 35.8 Å². The molecule has 150 valence electrons. The molecule has 1 aliphatic heterocycles. The van der Waals surface area contributed by atoms with Crippen molar-refractivity contribution < 1.29 is 8.42 Å². The van der Waals surface area contributed by atoms with Crippen LogP contribution in [-0.2, 0) is 16.6 Å². The Bertz CT molecular complexity index is 768. The lowest BCUT2D eigenvalue weighted by atomic mass is 10.1. The van der Waals surface area contributed by atoms with Crippen LogP contribution >= 0.6 is 24.0 Å². The van der Waals surface area contributed by atoms with Crippen molar-refractivity contribution in [3.8, 4) is 6.07 Å². The molecule has 0 amide bonds. The Balaban J connectivity index is 0.00000364. The van der Waals surface area contributed by atoms with Crippen molar-refractivity contribution in [2.75, 3.05) is 25.9 Å². The van der Waals surface area contributed by atoms with Crippen molar-refractivity contribution >= 4 is 40.0 Å². The smallest absolute Gasteiger partial charge is 0.214 e. The van der Waals surface area contributed by atoms with Crippen LogP contribution in [0.1, 0.15) is 37.3 Å². The molecule has 1 heterocycles. The quantitative estimate of drug-likeness (QED) is 0.351. The molecule has 9 heteroatoms. The van der Waals surface area contributed by atoms with Crippen LogP contribution in [0.4, 0.5) is 0 Å². The van der Waals surface area contributed by atoms with Gasteiger partial charge in [0, 0.05) is 32.7 Å². The van der Waals surface area contributed by atoms with Crippen LogP contribution in [0.3, 0.4) is 0 Å². The molecule has 1 aromatic carbocycles. The molecular formula is C18H28IN5O2S. The molecule has 1 aliphatic rings. The fourth-order valence-electron chi connectivity index (χ4n) is 2.99. The van der Waals surface area contributed by atoms with Crippen LogP contribution in [0.5, 0.6) is 0 Å². The maximum absolute atomic E-state index is 12.1. The first kappa shape index (κ1) is 23.7. The number of sulfonamides is 1. The summed E-state index contributed by atoms with van der Waals surface area (Å²) in [5.74, 6) is 0.901. The highest BCUT2D eigenvalue weighted by molar-refractivity contribution is 14.0. The van der Waals surface area contributed by atoms with E-state index < -0.39 is 10.0 Å². The lowest BCUT2D eigenvalue weighted by Crippen LogP contribution is -2.49. The van der Waals surface area contributed by atoms with Gasteiger partial charge in [-0.3, -0.25) is 4.99 Å². The summed E-state index contributed by atoms with van der Waals surface area (Å²) in [7, 11) is -1.40. The number of aliphatic imine (C=N–C) groups is 1. The largest absolute Gasteiger partial charge is 0.354 e. The van der Waals surface area contributed by atoms with Gasteiger partial charge in [0.2, 0.25) is 10.0 Å². The molecule has 7 nitrogen and oxygen atoms in total. The molecule has 0 bridgehead atoms. The molecule has 2 N–H and O–H groups in total. The Morgan fingerprint density at radius 1 is 1.37 bits per heavy atom. The highest BCUT2D eigenvalue weighted by Gasteiger charge is 2.27. The maximum atomic E-state index is 12.1. The van der Waals surface area contributed by atoms with Gasteiger partial charge >= 0.3 is 0 Å². The van der Waals surface area contributed by atoms with Crippen molar-refractivity contribution in [1.82, 2.24) is 14.9 Å². The van der Waals surface area contributed by atoms with E-state index in [1.165, 1.54) is 0 Å². The topological polar surface area (TPSA) is 97.6 Å². The number of rotatable bonds is 6. The minimum Gasteiger partial charge on any atom is -0.354 e. The second kappa shape index (κ2) is 11.5. The van der Waals surface area contributed by atoms with Gasteiger partial charge in [0.05, 0.1) is 17.4 Å². The van der Waals surface area contributed by atoms with Gasteiger partial charge in [0.25, 0.3) is 0 Å². The van der Waals surface area contributed by atoms with Crippen LogP contribution in [0.2, 0.25) is 0 Å². The average molecular weight is 505 g/mol. The molecule has 0 spiro atoms. The summed E-state index contributed by atoms with van der Waals surface area (Å²) >= 11 is 0. The van der Waals surface area contributed by atoms with E-state index in [1.54, 1.807) is 17.4 Å². The summed E-state index contributed by atoms with van der Waals surface area (Å²) in [6.07, 6.45) is 2.16. The van der Waals surface area contributed by atoms with Gasteiger partial charge in [-0.05, 0) is 37.0 Å². The fourth-order valence-corrected chi connectivity index (χ4v) is 4.53. The third-order valence-corrected chi connectivity index (χ3v) is 6.47. The van der Waals surface area contributed by atoms with E-state index in [2.05, 4.69) is 21.7 Å². The normalized spacial score (nSPS) is 16.3. The van der Waals surface area contributed by atoms with Crippen molar-refractivity contribution in [3.05, 3.63) is 35.4 Å². The predicted molar refractivity (Wildman–Crippen MR) is 119 cm³/mol. The number of piperidine rings is 1. The van der Waals surface area contributed by atoms with E-state index >= 15 is 0 Å². The number of guanidine groups is 1. The molecule has 1 fully saturated rings. The van der Waals surface area contributed by atoms with Crippen molar-refractivity contribution in [2.24, 2.45) is 4.99 Å². The molecule has 0 atom stereocenters. The summed E-state index contributed by atoms with van der Waals surface area (Å²) < 4.78 is 25.9. The molecule has 0 aliphatic carbocycles. The fraction of sp³-hybridized carbons (Fsp3) is 0.556. The Morgan fingerprint density at radius 3 is 2.67 bits per heavy atom. The van der Waals surface area contributed by atoms with Gasteiger partial charge in [-0.25, -0.2) is 12.7 Å². The van der Waals surface area contributed by atoms with Crippen LogP contribution in [-0.4, -0.2) is 50.6 Å². The monoisotopic (exact) mass is 505 g/mol. The van der Waals surface area contributed by atoms with Gasteiger partial charge < -0.3 is 10.6 Å². The Labute approximate surface area is 179 Å². The van der Waals surface area contributed by atoms with Gasteiger partial charge in [-0.2, -0.15) is 5.26 Å². The van der Waals surface area contributed by atoms with E-state index in [9.17, 15) is 8.42 Å². The van der Waals surface area contributed by atoms with Crippen LogP contribution < -0.4 is 10.6 Å². The second-order valence-corrected chi connectivity index (χ2v) is 8.46. The van der Waals surface area contributed by atoms with Crippen molar-refractivity contribution in [3.63, 3.8) is 0 Å². The first-order valence-corrected chi connectivity index (χ1v) is 10.5. The summed E-state index contributed by atoms with van der Waals surface area (Å²) in [4.78, 5) is 4.23. The van der Waals surface area contributed by atoms with Crippen LogP contribution in [0.25, 0.3) is 0 Å². The van der Waals surface area contributed by atoms with E-state index in [4.69, 9.17) is 5.26 Å². The third-order valence-electron chi connectivity index (χ3n) is 4.39. The number of hydrogen-bond acceptors (Lipinski definition) is 4. The number of nitrogens with one attached hydrogen (secondary N) is 2. The number of halogens is 1. The van der Waals surface area contributed by atoms with Crippen LogP contribution in [0, 0.1) is 11.3 Å². The summed E-state index contributed by atoms with van der Waals surface area (Å²) in [6, 6.07) is 9.76. The van der Waals surface area contributed by atoms with Crippen molar-refractivity contribution in [2.45, 2.75) is 38.8 Å². The molecule has 27 heavy (non-hydrogen) atoms. The SMILES string of the molecule is CCCS(=O)(=O)N1CCC(NC(=NC)NCc2cccc(C#N)c2)CC1.I. The second-order valence-electron chi connectivity index (χ2n) is 6.37. The number of hydrogen-bond donors (Lipinski definition) is 2. The molecule has 0 unspecified atom stereocenters. The number of benzene rings is 1. The third kappa shape index (κ3) is 7.27. The Kier molecular flexibility index (Phi) is 10.0. The van der Waals surface area contributed by atoms with Gasteiger partial charge in [-0.15, -0.1) is 24.0 Å².